The maximum atomic E-state index is 12.3. The van der Waals surface area contributed by atoms with Crippen LogP contribution in [0.2, 0.25) is 0 Å². The molecule has 1 saturated heterocycles. The molecule has 2 amide bonds. The topological polar surface area (TPSA) is 75.4 Å². The number of nitrogens with zero attached hydrogens (tertiary/aromatic N) is 2. The highest BCUT2D eigenvalue weighted by molar-refractivity contribution is 8.01. The smallest absolute Gasteiger partial charge is 0.238 e. The maximum absolute atomic E-state index is 12.3. The maximum Gasteiger partial charge on any atom is 0.238 e. The van der Waals surface area contributed by atoms with Gasteiger partial charge in [-0.3, -0.25) is 9.59 Å². The Hall–Kier alpha value is -1.50. The van der Waals surface area contributed by atoms with Crippen molar-refractivity contribution >= 4 is 29.4 Å². The van der Waals surface area contributed by atoms with Gasteiger partial charge in [-0.05, 0) is 40.5 Å². The average molecular weight is 325 g/mol. The first kappa shape index (κ1) is 16.9. The molecule has 1 aromatic heterocycles. The SMILES string of the molecule is Cc1cc(NC(=O)[C@H](C)SCC(=O)N2CCCC2(C)C)no1. The zero-order chi connectivity index (χ0) is 16.3. The zero-order valence-electron chi connectivity index (χ0n) is 13.5. The molecule has 1 N–H and O–H groups in total. The molecule has 122 valence electrons. The number of aryl methyl sites for hydroxylation is 1. The highest BCUT2D eigenvalue weighted by Crippen LogP contribution is 2.29. The van der Waals surface area contributed by atoms with Crippen molar-refractivity contribution in [3.63, 3.8) is 0 Å². The van der Waals surface area contributed by atoms with Crippen molar-refractivity contribution in [2.24, 2.45) is 0 Å². The Kier molecular flexibility index (Phi) is 5.16. The first-order chi connectivity index (χ1) is 10.3. The number of anilines is 1. The fourth-order valence-electron chi connectivity index (χ4n) is 2.57. The number of amides is 2. The molecule has 1 fully saturated rings. The van der Waals surface area contributed by atoms with E-state index in [0.29, 0.717) is 17.3 Å². The van der Waals surface area contributed by atoms with Gasteiger partial charge in [0, 0.05) is 18.2 Å². The van der Waals surface area contributed by atoms with Gasteiger partial charge in [0.2, 0.25) is 11.8 Å². The van der Waals surface area contributed by atoms with E-state index in [1.54, 1.807) is 19.9 Å². The number of rotatable bonds is 5. The van der Waals surface area contributed by atoms with Gasteiger partial charge in [-0.2, -0.15) is 0 Å². The molecule has 2 heterocycles. The molecule has 0 spiro atoms. The largest absolute Gasteiger partial charge is 0.360 e. The lowest BCUT2D eigenvalue weighted by Crippen LogP contribution is -2.43. The minimum absolute atomic E-state index is 0.0681. The number of nitrogens with one attached hydrogen (secondary N) is 1. The molecule has 0 unspecified atom stereocenters. The van der Waals surface area contributed by atoms with Gasteiger partial charge < -0.3 is 14.7 Å². The molecule has 1 aromatic rings. The number of hydrogen-bond acceptors (Lipinski definition) is 5. The summed E-state index contributed by atoms with van der Waals surface area (Å²) in [6.45, 7) is 8.54. The van der Waals surface area contributed by atoms with Crippen LogP contribution in [0.15, 0.2) is 10.6 Å². The summed E-state index contributed by atoms with van der Waals surface area (Å²) in [5, 5.41) is 6.08. The zero-order valence-corrected chi connectivity index (χ0v) is 14.3. The number of carbonyl (C=O) groups excluding carboxylic acids is 2. The fourth-order valence-corrected chi connectivity index (χ4v) is 3.33. The second-order valence-corrected chi connectivity index (χ2v) is 7.56. The lowest BCUT2D eigenvalue weighted by atomic mass is 10.0. The van der Waals surface area contributed by atoms with E-state index in [-0.39, 0.29) is 22.6 Å². The Morgan fingerprint density at radius 1 is 1.55 bits per heavy atom. The summed E-state index contributed by atoms with van der Waals surface area (Å²) in [7, 11) is 0. The van der Waals surface area contributed by atoms with E-state index in [4.69, 9.17) is 4.52 Å². The van der Waals surface area contributed by atoms with E-state index in [0.717, 1.165) is 19.4 Å². The molecule has 0 bridgehead atoms. The van der Waals surface area contributed by atoms with Crippen LogP contribution in [-0.2, 0) is 9.59 Å². The van der Waals surface area contributed by atoms with Gasteiger partial charge in [0.15, 0.2) is 5.82 Å². The van der Waals surface area contributed by atoms with Gasteiger partial charge in [-0.15, -0.1) is 11.8 Å². The van der Waals surface area contributed by atoms with Crippen molar-refractivity contribution in [3.8, 4) is 0 Å². The Bertz CT molecular complexity index is 556. The van der Waals surface area contributed by atoms with Crippen LogP contribution in [0.5, 0.6) is 0 Å². The standard InChI is InChI=1S/C15H23N3O3S/c1-10-8-12(17-21-10)16-14(20)11(2)22-9-13(19)18-7-5-6-15(18,3)4/h8,11H,5-7,9H2,1-4H3,(H,16,17,20)/t11-/m0/s1. The molecular weight excluding hydrogens is 302 g/mol. The molecule has 7 heteroatoms. The van der Waals surface area contributed by atoms with Gasteiger partial charge in [-0.25, -0.2) is 0 Å². The molecule has 1 aliphatic rings. The van der Waals surface area contributed by atoms with Crippen LogP contribution in [0.4, 0.5) is 5.82 Å². The Balaban J connectivity index is 1.80. The second kappa shape index (κ2) is 6.73. The molecule has 0 radical (unpaired) electrons. The molecule has 6 nitrogen and oxygen atoms in total. The number of likely N-dealkylation sites (tertiary alicyclic amines) is 1. The molecular formula is C15H23N3O3S. The molecule has 22 heavy (non-hydrogen) atoms. The van der Waals surface area contributed by atoms with Gasteiger partial charge in [-0.1, -0.05) is 5.16 Å². The minimum Gasteiger partial charge on any atom is -0.360 e. The van der Waals surface area contributed by atoms with Crippen LogP contribution in [-0.4, -0.2) is 45.0 Å². The first-order valence-corrected chi connectivity index (χ1v) is 8.51. The van der Waals surface area contributed by atoms with E-state index >= 15 is 0 Å². The van der Waals surface area contributed by atoms with Crippen molar-refractivity contribution < 1.29 is 14.1 Å². The molecule has 0 saturated carbocycles. The predicted octanol–water partition coefficient (Wildman–Crippen LogP) is 2.44. The number of thioether (sulfide) groups is 1. The number of carbonyl (C=O) groups is 2. The summed E-state index contributed by atoms with van der Waals surface area (Å²) in [4.78, 5) is 26.3. The summed E-state index contributed by atoms with van der Waals surface area (Å²) in [5.41, 5.74) is -0.0681. The molecule has 1 atom stereocenters. The van der Waals surface area contributed by atoms with E-state index in [2.05, 4.69) is 24.3 Å². The van der Waals surface area contributed by atoms with Crippen molar-refractivity contribution in [1.82, 2.24) is 10.1 Å². The summed E-state index contributed by atoms with van der Waals surface area (Å²) < 4.78 is 4.90. The third-order valence-corrected chi connectivity index (χ3v) is 5.04. The second-order valence-electron chi connectivity index (χ2n) is 6.23. The third kappa shape index (κ3) is 4.03. The van der Waals surface area contributed by atoms with E-state index in [1.165, 1.54) is 11.8 Å². The molecule has 0 aromatic carbocycles. The minimum atomic E-state index is -0.327. The van der Waals surface area contributed by atoms with Crippen LogP contribution >= 0.6 is 11.8 Å². The van der Waals surface area contributed by atoms with Crippen molar-refractivity contribution in [2.75, 3.05) is 17.6 Å². The van der Waals surface area contributed by atoms with E-state index < -0.39 is 0 Å². The van der Waals surface area contributed by atoms with Crippen LogP contribution in [0.25, 0.3) is 0 Å². The van der Waals surface area contributed by atoms with Crippen LogP contribution in [0.1, 0.15) is 39.4 Å². The Morgan fingerprint density at radius 2 is 2.27 bits per heavy atom. The van der Waals surface area contributed by atoms with Crippen molar-refractivity contribution in [2.45, 2.75) is 51.3 Å². The van der Waals surface area contributed by atoms with Crippen LogP contribution in [0, 0.1) is 6.92 Å². The summed E-state index contributed by atoms with van der Waals surface area (Å²) in [5.74, 6) is 1.29. The number of hydrogen-bond donors (Lipinski definition) is 1. The summed E-state index contributed by atoms with van der Waals surface area (Å²) >= 11 is 1.34. The molecule has 1 aliphatic heterocycles. The average Bonchev–Trinajstić information content (AvgIpc) is 3.00. The summed E-state index contributed by atoms with van der Waals surface area (Å²) in [6.07, 6.45) is 2.08. The third-order valence-electron chi connectivity index (χ3n) is 3.91. The van der Waals surface area contributed by atoms with Crippen molar-refractivity contribution in [3.05, 3.63) is 11.8 Å². The lowest BCUT2D eigenvalue weighted by Gasteiger charge is -2.31. The fraction of sp³-hybridized carbons (Fsp3) is 0.667. The normalized spacial score (nSPS) is 18.3. The summed E-state index contributed by atoms with van der Waals surface area (Å²) in [6, 6.07) is 1.66. The van der Waals surface area contributed by atoms with Gasteiger partial charge in [0.1, 0.15) is 5.76 Å². The highest BCUT2D eigenvalue weighted by atomic mass is 32.2. The first-order valence-electron chi connectivity index (χ1n) is 7.46. The Labute approximate surface area is 135 Å². The molecule has 0 aliphatic carbocycles. The monoisotopic (exact) mass is 325 g/mol. The Morgan fingerprint density at radius 3 is 2.82 bits per heavy atom. The number of aromatic nitrogens is 1. The molecule has 2 rings (SSSR count). The van der Waals surface area contributed by atoms with Crippen LogP contribution in [0.3, 0.4) is 0 Å². The van der Waals surface area contributed by atoms with Gasteiger partial charge >= 0.3 is 0 Å². The highest BCUT2D eigenvalue weighted by Gasteiger charge is 2.35. The van der Waals surface area contributed by atoms with E-state index in [9.17, 15) is 9.59 Å². The van der Waals surface area contributed by atoms with E-state index in [1.807, 2.05) is 4.90 Å². The van der Waals surface area contributed by atoms with Gasteiger partial charge in [0.05, 0.1) is 11.0 Å². The lowest BCUT2D eigenvalue weighted by molar-refractivity contribution is -0.131. The van der Waals surface area contributed by atoms with Gasteiger partial charge in [0.25, 0.3) is 0 Å². The van der Waals surface area contributed by atoms with Crippen molar-refractivity contribution in [1.29, 1.82) is 0 Å². The quantitative estimate of drug-likeness (QED) is 0.900. The predicted molar refractivity (Wildman–Crippen MR) is 86.8 cm³/mol. The van der Waals surface area contributed by atoms with Crippen LogP contribution < -0.4 is 5.32 Å².